The van der Waals surface area contributed by atoms with Crippen LogP contribution >= 0.6 is 31.9 Å². The van der Waals surface area contributed by atoms with E-state index in [1.807, 2.05) is 41.5 Å². The van der Waals surface area contributed by atoms with Gasteiger partial charge < -0.3 is 0 Å². The predicted octanol–water partition coefficient (Wildman–Crippen LogP) is 6.38. The van der Waals surface area contributed by atoms with Crippen molar-refractivity contribution < 1.29 is 25.2 Å². The lowest BCUT2D eigenvalue weighted by Crippen LogP contribution is -2.19. The van der Waals surface area contributed by atoms with E-state index in [9.17, 15) is 16.8 Å². The molecule has 0 radical (unpaired) electrons. The summed E-state index contributed by atoms with van der Waals surface area (Å²) in [5.41, 5.74) is 0.370. The number of hydrogen-bond donors (Lipinski definition) is 0. The summed E-state index contributed by atoms with van der Waals surface area (Å²) >= 11 is 6.55. The molecule has 0 saturated heterocycles. The highest BCUT2D eigenvalue weighted by Crippen LogP contribution is 2.34. The first-order valence-electron chi connectivity index (χ1n) is 9.80. The van der Waals surface area contributed by atoms with Gasteiger partial charge in [0, 0.05) is 8.95 Å². The largest absolute Gasteiger partial charge is 0.298 e. The van der Waals surface area contributed by atoms with Crippen molar-refractivity contribution in [3.05, 3.63) is 45.3 Å². The van der Waals surface area contributed by atoms with Crippen molar-refractivity contribution in [3.63, 3.8) is 0 Å². The molecule has 32 heavy (non-hydrogen) atoms. The van der Waals surface area contributed by atoms with Gasteiger partial charge in [-0.05, 0) is 78.1 Å². The van der Waals surface area contributed by atoms with Gasteiger partial charge in [0.1, 0.15) is 9.79 Å². The molecule has 0 aliphatic rings. The van der Waals surface area contributed by atoms with Gasteiger partial charge in [-0.1, -0.05) is 53.7 Å². The Morgan fingerprint density at radius 3 is 1.25 bits per heavy atom. The fourth-order valence-electron chi connectivity index (χ4n) is 2.38. The molecule has 0 N–H and O–H groups in total. The van der Waals surface area contributed by atoms with Crippen LogP contribution in [-0.2, 0) is 28.6 Å². The van der Waals surface area contributed by atoms with Crippen LogP contribution in [0, 0.1) is 10.8 Å². The van der Waals surface area contributed by atoms with E-state index in [2.05, 4.69) is 31.9 Å². The zero-order chi connectivity index (χ0) is 24.5. The summed E-state index contributed by atoms with van der Waals surface area (Å²) in [5, 5.41) is 0. The van der Waals surface area contributed by atoms with Crippen LogP contribution in [-0.4, -0.2) is 30.0 Å². The highest BCUT2D eigenvalue weighted by atomic mass is 79.9. The van der Waals surface area contributed by atoms with Gasteiger partial charge in [-0.25, -0.2) is 0 Å². The van der Waals surface area contributed by atoms with Crippen molar-refractivity contribution in [2.75, 3.05) is 13.2 Å². The minimum atomic E-state index is -4.03. The molecule has 0 unspecified atom stereocenters. The monoisotopic (exact) mass is 610 g/mol. The third-order valence-electron chi connectivity index (χ3n) is 4.03. The van der Waals surface area contributed by atoms with Gasteiger partial charge in [-0.2, -0.15) is 16.8 Å². The topological polar surface area (TPSA) is 86.7 Å². The van der Waals surface area contributed by atoms with Crippen LogP contribution in [0.2, 0.25) is 0 Å². The molecule has 2 rings (SSSR count). The summed E-state index contributed by atoms with van der Waals surface area (Å²) in [4.78, 5) is -0.0638. The minimum absolute atomic E-state index is 0.0256. The fourth-order valence-corrected chi connectivity index (χ4v) is 6.50. The van der Waals surface area contributed by atoms with Gasteiger partial charge in [0.05, 0.1) is 13.2 Å². The van der Waals surface area contributed by atoms with Crippen molar-refractivity contribution in [2.24, 2.45) is 10.8 Å². The van der Waals surface area contributed by atoms with Crippen LogP contribution < -0.4 is 0 Å². The lowest BCUT2D eigenvalue weighted by atomic mass is 9.99. The maximum Gasteiger partial charge on any atom is 0.298 e. The molecular formula is C22H28Br2O6S2. The Bertz CT molecular complexity index is 1100. The van der Waals surface area contributed by atoms with Gasteiger partial charge in [-0.15, -0.1) is 0 Å². The van der Waals surface area contributed by atoms with E-state index in [1.54, 1.807) is 24.3 Å². The third kappa shape index (κ3) is 7.63. The quantitative estimate of drug-likeness (QED) is 0.338. The molecule has 0 amide bonds. The molecule has 0 fully saturated rings. The van der Waals surface area contributed by atoms with Gasteiger partial charge in [0.2, 0.25) is 0 Å². The average Bonchev–Trinajstić information content (AvgIpc) is 2.65. The smallest absolute Gasteiger partial charge is 0.266 e. The molecule has 0 atom stereocenters. The lowest BCUT2D eigenvalue weighted by molar-refractivity contribution is 0.203. The SMILES string of the molecule is CC(C)(C)COS(=O)(=O)c1cc(-c2ccc(Br)c(S(=O)(=O)OCC(C)(C)C)c2)ccc1Br. The highest BCUT2D eigenvalue weighted by molar-refractivity contribution is 9.10. The predicted molar refractivity (Wildman–Crippen MR) is 132 cm³/mol. The van der Waals surface area contributed by atoms with Crippen LogP contribution in [0.5, 0.6) is 0 Å². The van der Waals surface area contributed by atoms with Crippen LogP contribution in [0.3, 0.4) is 0 Å². The molecule has 2 aromatic rings. The van der Waals surface area contributed by atoms with Crippen LogP contribution in [0.15, 0.2) is 55.1 Å². The van der Waals surface area contributed by atoms with Gasteiger partial charge in [0.15, 0.2) is 0 Å². The summed E-state index contributed by atoms with van der Waals surface area (Å²) < 4.78 is 62.2. The second-order valence-corrected chi connectivity index (χ2v) is 14.7. The zero-order valence-electron chi connectivity index (χ0n) is 18.9. The van der Waals surface area contributed by atoms with Gasteiger partial charge >= 0.3 is 0 Å². The van der Waals surface area contributed by atoms with Crippen molar-refractivity contribution in [1.82, 2.24) is 0 Å². The van der Waals surface area contributed by atoms with Crippen molar-refractivity contribution in [1.29, 1.82) is 0 Å². The summed E-state index contributed by atoms with van der Waals surface area (Å²) in [5.74, 6) is 0. The number of halogens is 2. The van der Waals surface area contributed by atoms with E-state index in [4.69, 9.17) is 8.37 Å². The van der Waals surface area contributed by atoms with E-state index in [0.29, 0.717) is 20.1 Å². The first-order valence-corrected chi connectivity index (χ1v) is 14.2. The van der Waals surface area contributed by atoms with Crippen molar-refractivity contribution in [2.45, 2.75) is 51.3 Å². The van der Waals surface area contributed by atoms with Crippen LogP contribution in [0.1, 0.15) is 41.5 Å². The number of hydrogen-bond acceptors (Lipinski definition) is 6. The average molecular weight is 612 g/mol. The molecule has 0 bridgehead atoms. The summed E-state index contributed by atoms with van der Waals surface area (Å²) in [6.07, 6.45) is 0. The molecule has 0 aliphatic heterocycles. The van der Waals surface area contributed by atoms with Gasteiger partial charge in [0.25, 0.3) is 20.2 Å². The normalized spacial score (nSPS) is 13.4. The van der Waals surface area contributed by atoms with Gasteiger partial charge in [-0.3, -0.25) is 8.37 Å². The first-order chi connectivity index (χ1) is 14.4. The Morgan fingerprint density at radius 1 is 0.656 bits per heavy atom. The van der Waals surface area contributed by atoms with Crippen LogP contribution in [0.25, 0.3) is 11.1 Å². The molecule has 0 saturated carbocycles. The molecular weight excluding hydrogens is 584 g/mol. The molecule has 6 nitrogen and oxygen atoms in total. The van der Waals surface area contributed by atoms with E-state index >= 15 is 0 Å². The number of rotatable bonds is 7. The first kappa shape index (κ1) is 27.5. The highest BCUT2D eigenvalue weighted by Gasteiger charge is 2.25. The Balaban J connectivity index is 2.47. The molecule has 0 heterocycles. The van der Waals surface area contributed by atoms with E-state index in [0.717, 1.165) is 0 Å². The maximum atomic E-state index is 12.8. The molecule has 0 aliphatic carbocycles. The van der Waals surface area contributed by atoms with E-state index in [1.165, 1.54) is 12.1 Å². The van der Waals surface area contributed by atoms with Crippen molar-refractivity contribution in [3.8, 4) is 11.1 Å². The molecule has 0 spiro atoms. The Labute approximate surface area is 208 Å². The summed E-state index contributed by atoms with van der Waals surface area (Å²) in [6, 6.07) is 9.49. The maximum absolute atomic E-state index is 12.8. The molecule has 2 aromatic carbocycles. The Morgan fingerprint density at radius 2 is 0.969 bits per heavy atom. The standard InChI is InChI=1S/C22H28Br2O6S2/c1-21(2,3)13-29-31(25,26)19-11-15(7-9-17(19)23)16-8-10-18(24)20(12-16)32(27,28)30-14-22(4,5)6/h7-12H,13-14H2,1-6H3. The van der Waals surface area contributed by atoms with Crippen molar-refractivity contribution >= 4 is 52.1 Å². The molecule has 10 heteroatoms. The van der Waals surface area contributed by atoms with Crippen LogP contribution in [0.4, 0.5) is 0 Å². The van der Waals surface area contributed by atoms with E-state index in [-0.39, 0.29) is 33.8 Å². The second kappa shape index (κ2) is 9.84. The lowest BCUT2D eigenvalue weighted by Gasteiger charge is -2.19. The Kier molecular flexibility index (Phi) is 8.44. The Hall–Kier alpha value is -0.780. The zero-order valence-corrected chi connectivity index (χ0v) is 23.7. The third-order valence-corrected chi connectivity index (χ3v) is 8.55. The second-order valence-electron chi connectivity index (χ2n) is 9.84. The number of benzene rings is 2. The molecule has 178 valence electrons. The summed E-state index contributed by atoms with van der Waals surface area (Å²) in [7, 11) is -8.05. The van der Waals surface area contributed by atoms with E-state index < -0.39 is 20.2 Å². The fraction of sp³-hybridized carbons (Fsp3) is 0.455. The molecule has 0 aromatic heterocycles. The minimum Gasteiger partial charge on any atom is -0.266 e. The summed E-state index contributed by atoms with van der Waals surface area (Å²) in [6.45, 7) is 11.3.